The van der Waals surface area contributed by atoms with Gasteiger partial charge >= 0.3 is 0 Å². The van der Waals surface area contributed by atoms with Gasteiger partial charge < -0.3 is 15.0 Å². The summed E-state index contributed by atoms with van der Waals surface area (Å²) in [5.41, 5.74) is 1.67. The van der Waals surface area contributed by atoms with Crippen LogP contribution in [0.1, 0.15) is 28.8 Å². The molecule has 0 unspecified atom stereocenters. The Morgan fingerprint density at radius 3 is 2.43 bits per heavy atom. The predicted octanol–water partition coefficient (Wildman–Crippen LogP) is 3.56. The Hall–Kier alpha value is -2.53. The van der Waals surface area contributed by atoms with Crippen molar-refractivity contribution >= 4 is 23.4 Å². The lowest BCUT2D eigenvalue weighted by Gasteiger charge is -2.31. The van der Waals surface area contributed by atoms with Gasteiger partial charge in [-0.25, -0.2) is 0 Å². The number of hydrogen-bond donors (Lipinski definition) is 1. The van der Waals surface area contributed by atoms with Gasteiger partial charge in [-0.15, -0.1) is 0 Å². The number of halogens is 1. The minimum absolute atomic E-state index is 0.0498. The van der Waals surface area contributed by atoms with E-state index in [0.717, 1.165) is 17.7 Å². The molecule has 0 aromatic heterocycles. The molecule has 1 saturated heterocycles. The second-order valence-electron chi connectivity index (χ2n) is 6.94. The molecule has 2 amide bonds. The van der Waals surface area contributed by atoms with E-state index in [4.69, 9.17) is 16.3 Å². The fourth-order valence-corrected chi connectivity index (χ4v) is 3.63. The Balaban J connectivity index is 1.43. The zero-order valence-corrected chi connectivity index (χ0v) is 16.7. The molecule has 1 heterocycles. The highest BCUT2D eigenvalue weighted by molar-refractivity contribution is 6.33. The second-order valence-corrected chi connectivity index (χ2v) is 7.34. The maximum atomic E-state index is 12.6. The van der Waals surface area contributed by atoms with Crippen LogP contribution < -0.4 is 10.1 Å². The smallest absolute Gasteiger partial charge is 0.255 e. The summed E-state index contributed by atoms with van der Waals surface area (Å²) in [6.45, 7) is 1.74. The Morgan fingerprint density at radius 1 is 1.11 bits per heavy atom. The van der Waals surface area contributed by atoms with Crippen LogP contribution in [0.4, 0.5) is 0 Å². The van der Waals surface area contributed by atoms with Crippen molar-refractivity contribution < 1.29 is 14.3 Å². The van der Waals surface area contributed by atoms with E-state index in [1.54, 1.807) is 24.1 Å². The molecule has 1 N–H and O–H groups in total. The minimum atomic E-state index is -0.0658. The van der Waals surface area contributed by atoms with E-state index in [0.29, 0.717) is 43.1 Å². The third kappa shape index (κ3) is 5.04. The SMILES string of the molecule is COc1ccc(CCNC(=O)C2CCN(C(=O)c3ccccc3Cl)CC2)cc1. The summed E-state index contributed by atoms with van der Waals surface area (Å²) in [5.74, 6) is 0.777. The molecule has 0 bridgehead atoms. The van der Waals surface area contributed by atoms with Crippen molar-refractivity contribution in [3.63, 3.8) is 0 Å². The number of nitrogens with zero attached hydrogens (tertiary/aromatic N) is 1. The number of rotatable bonds is 6. The molecule has 0 radical (unpaired) electrons. The van der Waals surface area contributed by atoms with Gasteiger partial charge in [0.05, 0.1) is 17.7 Å². The molecule has 0 saturated carbocycles. The average molecular weight is 401 g/mol. The average Bonchev–Trinajstić information content (AvgIpc) is 2.74. The fraction of sp³-hybridized carbons (Fsp3) is 0.364. The predicted molar refractivity (Wildman–Crippen MR) is 110 cm³/mol. The highest BCUT2D eigenvalue weighted by atomic mass is 35.5. The number of carbonyl (C=O) groups excluding carboxylic acids is 2. The van der Waals surface area contributed by atoms with Gasteiger partial charge in [-0.2, -0.15) is 0 Å². The van der Waals surface area contributed by atoms with Gasteiger partial charge in [0.15, 0.2) is 0 Å². The van der Waals surface area contributed by atoms with Gasteiger partial charge in [0, 0.05) is 25.6 Å². The molecular weight excluding hydrogens is 376 g/mol. The van der Waals surface area contributed by atoms with Crippen LogP contribution in [0.3, 0.4) is 0 Å². The van der Waals surface area contributed by atoms with E-state index in [2.05, 4.69) is 5.32 Å². The van der Waals surface area contributed by atoms with E-state index in [9.17, 15) is 9.59 Å². The van der Waals surface area contributed by atoms with Crippen LogP contribution >= 0.6 is 11.6 Å². The molecule has 1 aliphatic rings. The molecule has 6 heteroatoms. The molecule has 2 aromatic rings. The van der Waals surface area contributed by atoms with Gasteiger partial charge in [-0.1, -0.05) is 35.9 Å². The van der Waals surface area contributed by atoms with Crippen LogP contribution in [0.5, 0.6) is 5.75 Å². The molecule has 2 aromatic carbocycles. The monoisotopic (exact) mass is 400 g/mol. The quantitative estimate of drug-likeness (QED) is 0.806. The lowest BCUT2D eigenvalue weighted by Crippen LogP contribution is -2.43. The number of methoxy groups -OCH3 is 1. The van der Waals surface area contributed by atoms with Crippen molar-refractivity contribution in [1.29, 1.82) is 0 Å². The number of piperidine rings is 1. The number of benzene rings is 2. The normalized spacial score (nSPS) is 14.6. The maximum Gasteiger partial charge on any atom is 0.255 e. The number of ether oxygens (including phenoxy) is 1. The second kappa shape index (κ2) is 9.60. The van der Waals surface area contributed by atoms with Crippen LogP contribution in [0.25, 0.3) is 0 Å². The lowest BCUT2D eigenvalue weighted by molar-refractivity contribution is -0.126. The first kappa shape index (κ1) is 20.2. The first-order chi connectivity index (χ1) is 13.6. The standard InChI is InChI=1S/C22H25ClN2O3/c1-28-18-8-6-16(7-9-18)10-13-24-21(26)17-11-14-25(15-12-17)22(27)19-4-2-3-5-20(19)23/h2-9,17H,10-15H2,1H3,(H,24,26). The third-order valence-electron chi connectivity index (χ3n) is 5.13. The summed E-state index contributed by atoms with van der Waals surface area (Å²) >= 11 is 6.12. The summed E-state index contributed by atoms with van der Waals surface area (Å²) in [6.07, 6.45) is 2.12. The molecular formula is C22H25ClN2O3. The van der Waals surface area contributed by atoms with Crippen molar-refractivity contribution in [2.45, 2.75) is 19.3 Å². The zero-order chi connectivity index (χ0) is 19.9. The molecule has 0 atom stereocenters. The van der Waals surface area contributed by atoms with E-state index < -0.39 is 0 Å². The van der Waals surface area contributed by atoms with E-state index in [1.165, 1.54) is 0 Å². The van der Waals surface area contributed by atoms with Crippen molar-refractivity contribution in [3.8, 4) is 5.75 Å². The Bertz CT molecular complexity index is 815. The molecule has 148 valence electrons. The van der Waals surface area contributed by atoms with Gasteiger partial charge in [-0.05, 0) is 49.1 Å². The van der Waals surface area contributed by atoms with Gasteiger partial charge in [0.25, 0.3) is 5.91 Å². The van der Waals surface area contributed by atoms with Crippen LogP contribution in [0.2, 0.25) is 5.02 Å². The number of likely N-dealkylation sites (tertiary alicyclic amines) is 1. The summed E-state index contributed by atoms with van der Waals surface area (Å²) in [6, 6.07) is 14.9. The number of nitrogens with one attached hydrogen (secondary N) is 1. The minimum Gasteiger partial charge on any atom is -0.497 e. The molecule has 0 aliphatic carbocycles. The first-order valence-corrected chi connectivity index (χ1v) is 9.90. The number of hydrogen-bond acceptors (Lipinski definition) is 3. The summed E-state index contributed by atoms with van der Waals surface area (Å²) < 4.78 is 5.15. The molecule has 1 aliphatic heterocycles. The van der Waals surface area contributed by atoms with Gasteiger partial charge in [0.1, 0.15) is 5.75 Å². The van der Waals surface area contributed by atoms with Crippen molar-refractivity contribution in [3.05, 3.63) is 64.7 Å². The first-order valence-electron chi connectivity index (χ1n) is 9.53. The summed E-state index contributed by atoms with van der Waals surface area (Å²) in [7, 11) is 1.64. The Kier molecular flexibility index (Phi) is 6.93. The molecule has 1 fully saturated rings. The fourth-order valence-electron chi connectivity index (χ4n) is 3.42. The van der Waals surface area contributed by atoms with E-state index in [-0.39, 0.29) is 17.7 Å². The van der Waals surface area contributed by atoms with Crippen LogP contribution in [0.15, 0.2) is 48.5 Å². The Morgan fingerprint density at radius 2 is 1.79 bits per heavy atom. The maximum absolute atomic E-state index is 12.6. The van der Waals surface area contributed by atoms with Crippen molar-refractivity contribution in [2.75, 3.05) is 26.7 Å². The summed E-state index contributed by atoms with van der Waals surface area (Å²) in [5, 5.41) is 3.48. The van der Waals surface area contributed by atoms with Crippen molar-refractivity contribution in [1.82, 2.24) is 10.2 Å². The number of carbonyl (C=O) groups is 2. The van der Waals surface area contributed by atoms with E-state index >= 15 is 0 Å². The van der Waals surface area contributed by atoms with Crippen molar-refractivity contribution in [2.24, 2.45) is 5.92 Å². The van der Waals surface area contributed by atoms with Crippen LogP contribution in [-0.4, -0.2) is 43.5 Å². The van der Waals surface area contributed by atoms with Gasteiger partial charge in [-0.3, -0.25) is 9.59 Å². The zero-order valence-electron chi connectivity index (χ0n) is 16.0. The van der Waals surface area contributed by atoms with Crippen LogP contribution in [-0.2, 0) is 11.2 Å². The largest absolute Gasteiger partial charge is 0.497 e. The van der Waals surface area contributed by atoms with Crippen LogP contribution in [0, 0.1) is 5.92 Å². The summed E-state index contributed by atoms with van der Waals surface area (Å²) in [4.78, 5) is 26.8. The highest BCUT2D eigenvalue weighted by Gasteiger charge is 2.28. The topological polar surface area (TPSA) is 58.6 Å². The number of amides is 2. The molecule has 3 rings (SSSR count). The Labute approximate surface area is 170 Å². The van der Waals surface area contributed by atoms with E-state index in [1.807, 2.05) is 36.4 Å². The third-order valence-corrected chi connectivity index (χ3v) is 5.46. The molecule has 0 spiro atoms. The molecule has 28 heavy (non-hydrogen) atoms. The highest BCUT2D eigenvalue weighted by Crippen LogP contribution is 2.22. The lowest BCUT2D eigenvalue weighted by atomic mass is 9.95. The van der Waals surface area contributed by atoms with Gasteiger partial charge in [0.2, 0.25) is 5.91 Å². The molecule has 5 nitrogen and oxygen atoms in total.